The summed E-state index contributed by atoms with van der Waals surface area (Å²) in [6, 6.07) is 8.85. The van der Waals surface area contributed by atoms with Gasteiger partial charge in [0.05, 0.1) is 0 Å². The van der Waals surface area contributed by atoms with E-state index in [2.05, 4.69) is 34.1 Å². The molecule has 72 valence electrons. The van der Waals surface area contributed by atoms with Crippen molar-refractivity contribution < 1.29 is 0 Å². The van der Waals surface area contributed by atoms with Crippen molar-refractivity contribution in [3.8, 4) is 0 Å². The first-order valence-corrected chi connectivity index (χ1v) is 5.06. The third-order valence-electron chi connectivity index (χ3n) is 2.52. The summed E-state index contributed by atoms with van der Waals surface area (Å²) in [5.74, 6) is 0.690. The minimum Gasteiger partial charge on any atom is -0.328 e. The van der Waals surface area contributed by atoms with Crippen molar-refractivity contribution in [2.45, 2.75) is 24.8 Å². The molecule has 0 radical (unpaired) electrons. The molecule has 0 aromatic heterocycles. The van der Waals surface area contributed by atoms with E-state index in [0.29, 0.717) is 12.0 Å². The van der Waals surface area contributed by atoms with E-state index in [0.717, 1.165) is 12.8 Å². The average molecular weight is 263 g/mol. The predicted molar refractivity (Wildman–Crippen MR) is 61.3 cm³/mol. The second-order valence-corrected chi connectivity index (χ2v) is 4.30. The zero-order chi connectivity index (χ0) is 8.55. The van der Waals surface area contributed by atoms with Crippen LogP contribution in [0.3, 0.4) is 0 Å². The molecule has 2 rings (SSSR count). The Balaban J connectivity index is 0.000000845. The van der Waals surface area contributed by atoms with Crippen molar-refractivity contribution in [1.82, 2.24) is 0 Å². The van der Waals surface area contributed by atoms with Gasteiger partial charge in [0.15, 0.2) is 0 Å². The molecular weight excluding hydrogens is 249 g/mol. The van der Waals surface area contributed by atoms with Crippen molar-refractivity contribution in [3.63, 3.8) is 0 Å². The normalized spacial score (nSPS) is 26.0. The first-order chi connectivity index (χ1) is 5.77. The van der Waals surface area contributed by atoms with E-state index >= 15 is 0 Å². The molecule has 1 saturated carbocycles. The average Bonchev–Trinajstić information content (AvgIpc) is 2.01. The SMILES string of the molecule is Cl.NC1CC(c2ccccc2Br)C1. The summed E-state index contributed by atoms with van der Waals surface area (Å²) in [6.07, 6.45) is 2.28. The van der Waals surface area contributed by atoms with Crippen LogP contribution in [0, 0.1) is 0 Å². The molecule has 2 N–H and O–H groups in total. The Bertz CT molecular complexity index is 284. The lowest BCUT2D eigenvalue weighted by Crippen LogP contribution is -2.34. The smallest absolute Gasteiger partial charge is 0.0210 e. The van der Waals surface area contributed by atoms with E-state index in [1.807, 2.05) is 6.07 Å². The van der Waals surface area contributed by atoms with Gasteiger partial charge in [-0.2, -0.15) is 0 Å². The first kappa shape index (κ1) is 11.0. The van der Waals surface area contributed by atoms with E-state index in [1.54, 1.807) is 0 Å². The number of hydrogen-bond acceptors (Lipinski definition) is 1. The van der Waals surface area contributed by atoms with Gasteiger partial charge in [-0.15, -0.1) is 12.4 Å². The number of rotatable bonds is 1. The van der Waals surface area contributed by atoms with E-state index in [1.165, 1.54) is 10.0 Å². The van der Waals surface area contributed by atoms with E-state index in [9.17, 15) is 0 Å². The van der Waals surface area contributed by atoms with Crippen LogP contribution in [0.4, 0.5) is 0 Å². The van der Waals surface area contributed by atoms with Crippen LogP contribution in [0.1, 0.15) is 24.3 Å². The highest BCUT2D eigenvalue weighted by Crippen LogP contribution is 2.38. The lowest BCUT2D eigenvalue weighted by atomic mass is 9.76. The van der Waals surface area contributed by atoms with Gasteiger partial charge in [0.25, 0.3) is 0 Å². The van der Waals surface area contributed by atoms with Crippen molar-refractivity contribution in [2.24, 2.45) is 5.73 Å². The molecule has 0 heterocycles. The Morgan fingerprint density at radius 2 is 1.85 bits per heavy atom. The largest absolute Gasteiger partial charge is 0.328 e. The molecule has 0 spiro atoms. The summed E-state index contributed by atoms with van der Waals surface area (Å²) in [6.45, 7) is 0. The molecular formula is C10H13BrClN. The summed E-state index contributed by atoms with van der Waals surface area (Å²) in [4.78, 5) is 0. The molecule has 0 saturated heterocycles. The molecule has 0 amide bonds. The molecule has 1 aromatic carbocycles. The zero-order valence-electron chi connectivity index (χ0n) is 7.24. The molecule has 3 heteroatoms. The first-order valence-electron chi connectivity index (χ1n) is 4.27. The molecule has 1 fully saturated rings. The molecule has 1 nitrogen and oxygen atoms in total. The molecule has 0 bridgehead atoms. The van der Waals surface area contributed by atoms with Crippen LogP contribution in [0.25, 0.3) is 0 Å². The molecule has 0 unspecified atom stereocenters. The van der Waals surface area contributed by atoms with Crippen LogP contribution >= 0.6 is 28.3 Å². The third kappa shape index (κ3) is 2.25. The van der Waals surface area contributed by atoms with Gasteiger partial charge in [-0.3, -0.25) is 0 Å². The van der Waals surface area contributed by atoms with Gasteiger partial charge in [0.2, 0.25) is 0 Å². The minimum absolute atomic E-state index is 0. The highest BCUT2D eigenvalue weighted by atomic mass is 79.9. The Morgan fingerprint density at radius 3 is 2.38 bits per heavy atom. The Kier molecular flexibility index (Phi) is 3.77. The lowest BCUT2D eigenvalue weighted by Gasteiger charge is -2.33. The van der Waals surface area contributed by atoms with Crippen LogP contribution in [0.15, 0.2) is 28.7 Å². The highest BCUT2D eigenvalue weighted by Gasteiger charge is 2.28. The van der Waals surface area contributed by atoms with E-state index in [-0.39, 0.29) is 12.4 Å². The van der Waals surface area contributed by atoms with Crippen molar-refractivity contribution >= 4 is 28.3 Å². The third-order valence-corrected chi connectivity index (χ3v) is 3.24. The molecule has 1 aliphatic carbocycles. The van der Waals surface area contributed by atoms with Crippen molar-refractivity contribution in [3.05, 3.63) is 34.3 Å². The molecule has 1 aliphatic rings. The van der Waals surface area contributed by atoms with Gasteiger partial charge < -0.3 is 5.73 Å². The second kappa shape index (κ2) is 4.45. The van der Waals surface area contributed by atoms with Gasteiger partial charge in [-0.1, -0.05) is 34.1 Å². The van der Waals surface area contributed by atoms with Crippen LogP contribution in [0.2, 0.25) is 0 Å². The van der Waals surface area contributed by atoms with E-state index < -0.39 is 0 Å². The number of halogens is 2. The summed E-state index contributed by atoms with van der Waals surface area (Å²) in [5, 5.41) is 0. The quantitative estimate of drug-likeness (QED) is 0.827. The monoisotopic (exact) mass is 261 g/mol. The molecule has 0 aliphatic heterocycles. The van der Waals surface area contributed by atoms with Crippen LogP contribution < -0.4 is 5.73 Å². The fourth-order valence-corrected chi connectivity index (χ4v) is 2.33. The second-order valence-electron chi connectivity index (χ2n) is 3.45. The Hall–Kier alpha value is -0.0500. The predicted octanol–water partition coefficient (Wildman–Crippen LogP) is 3.08. The van der Waals surface area contributed by atoms with Gasteiger partial charge >= 0.3 is 0 Å². The Morgan fingerprint density at radius 1 is 1.23 bits per heavy atom. The zero-order valence-corrected chi connectivity index (χ0v) is 9.64. The molecule has 13 heavy (non-hydrogen) atoms. The number of nitrogens with two attached hydrogens (primary N) is 1. The summed E-state index contributed by atoms with van der Waals surface area (Å²) in [7, 11) is 0. The van der Waals surface area contributed by atoms with Gasteiger partial charge in [0.1, 0.15) is 0 Å². The summed E-state index contributed by atoms with van der Waals surface area (Å²) >= 11 is 3.55. The number of hydrogen-bond donors (Lipinski definition) is 1. The number of benzene rings is 1. The molecule has 0 atom stereocenters. The van der Waals surface area contributed by atoms with Crippen molar-refractivity contribution in [1.29, 1.82) is 0 Å². The fraction of sp³-hybridized carbons (Fsp3) is 0.400. The standard InChI is InChI=1S/C10H12BrN.ClH/c11-10-4-2-1-3-9(10)7-5-8(12)6-7;/h1-4,7-8H,5-6,12H2;1H. The van der Waals surface area contributed by atoms with Crippen LogP contribution in [-0.4, -0.2) is 6.04 Å². The van der Waals surface area contributed by atoms with E-state index in [4.69, 9.17) is 5.73 Å². The van der Waals surface area contributed by atoms with Gasteiger partial charge in [-0.05, 0) is 30.4 Å². The molecule has 1 aromatic rings. The fourth-order valence-electron chi connectivity index (χ4n) is 1.72. The van der Waals surface area contributed by atoms with Gasteiger partial charge in [0, 0.05) is 10.5 Å². The lowest BCUT2D eigenvalue weighted by molar-refractivity contribution is 0.350. The van der Waals surface area contributed by atoms with Gasteiger partial charge in [-0.25, -0.2) is 0 Å². The maximum absolute atomic E-state index is 5.74. The maximum atomic E-state index is 5.74. The van der Waals surface area contributed by atoms with Crippen molar-refractivity contribution in [2.75, 3.05) is 0 Å². The summed E-state index contributed by atoms with van der Waals surface area (Å²) in [5.41, 5.74) is 7.16. The maximum Gasteiger partial charge on any atom is 0.0210 e. The van der Waals surface area contributed by atoms with Crippen LogP contribution in [0.5, 0.6) is 0 Å². The summed E-state index contributed by atoms with van der Waals surface area (Å²) < 4.78 is 1.22. The topological polar surface area (TPSA) is 26.0 Å². The highest BCUT2D eigenvalue weighted by molar-refractivity contribution is 9.10. The van der Waals surface area contributed by atoms with Crippen LogP contribution in [-0.2, 0) is 0 Å². The Labute approximate surface area is 93.2 Å². The minimum atomic E-state index is 0.